The molecule has 9 heteroatoms. The van der Waals surface area contributed by atoms with Crippen LogP contribution in [-0.2, 0) is 16.9 Å². The number of halogens is 4. The summed E-state index contributed by atoms with van der Waals surface area (Å²) < 4.78 is 41.5. The molecule has 174 valence electrons. The molecule has 5 nitrogen and oxygen atoms in total. The average molecular weight is 471 g/mol. The molecule has 0 aliphatic carbocycles. The van der Waals surface area contributed by atoms with Crippen LogP contribution in [0.2, 0.25) is 5.02 Å². The molecule has 1 aliphatic rings. The summed E-state index contributed by atoms with van der Waals surface area (Å²) in [6.45, 7) is 4.02. The third-order valence-corrected chi connectivity index (χ3v) is 6.07. The van der Waals surface area contributed by atoms with Gasteiger partial charge in [-0.1, -0.05) is 48.9 Å². The van der Waals surface area contributed by atoms with Crippen LogP contribution in [0.1, 0.15) is 30.9 Å². The van der Waals surface area contributed by atoms with Crippen molar-refractivity contribution in [3.05, 3.63) is 64.7 Å². The number of ether oxygens (including phenoxy) is 1. The second kappa shape index (κ2) is 10.1. The number of likely N-dealkylation sites (tertiary alicyclic amines) is 1. The number of benzene rings is 2. The summed E-state index contributed by atoms with van der Waals surface area (Å²) in [6, 6.07) is 12.9. The SMILES string of the molecule is CCN(CC(=O)N1CCC(O)(c2cccc(OC(F)(F)F)c2)CC1)Cc1ccccc1Cl. The molecule has 32 heavy (non-hydrogen) atoms. The van der Waals surface area contributed by atoms with Gasteiger partial charge in [0.1, 0.15) is 5.75 Å². The van der Waals surface area contributed by atoms with Crippen LogP contribution in [0.4, 0.5) is 13.2 Å². The van der Waals surface area contributed by atoms with E-state index in [4.69, 9.17) is 11.6 Å². The number of carbonyl (C=O) groups is 1. The number of amides is 1. The van der Waals surface area contributed by atoms with E-state index in [0.29, 0.717) is 36.8 Å². The number of hydrogen-bond acceptors (Lipinski definition) is 4. The van der Waals surface area contributed by atoms with E-state index in [9.17, 15) is 23.1 Å². The van der Waals surface area contributed by atoms with Gasteiger partial charge in [0.05, 0.1) is 12.1 Å². The molecule has 1 amide bonds. The molecule has 0 aromatic heterocycles. The highest BCUT2D eigenvalue weighted by Crippen LogP contribution is 2.35. The van der Waals surface area contributed by atoms with Crippen LogP contribution in [-0.4, -0.2) is 53.4 Å². The second-order valence-electron chi connectivity index (χ2n) is 7.88. The zero-order valence-electron chi connectivity index (χ0n) is 17.7. The topological polar surface area (TPSA) is 53.0 Å². The maximum atomic E-state index is 12.8. The largest absolute Gasteiger partial charge is 0.573 e. The first-order valence-electron chi connectivity index (χ1n) is 10.4. The van der Waals surface area contributed by atoms with Crippen molar-refractivity contribution in [2.75, 3.05) is 26.2 Å². The Hall–Kier alpha value is -2.29. The van der Waals surface area contributed by atoms with E-state index in [1.54, 1.807) is 11.0 Å². The van der Waals surface area contributed by atoms with Crippen LogP contribution in [0.15, 0.2) is 48.5 Å². The van der Waals surface area contributed by atoms with Crippen molar-refractivity contribution in [3.63, 3.8) is 0 Å². The van der Waals surface area contributed by atoms with Gasteiger partial charge in [0.25, 0.3) is 0 Å². The molecular formula is C23H26ClF3N2O3. The average Bonchev–Trinajstić information content (AvgIpc) is 2.74. The van der Waals surface area contributed by atoms with Gasteiger partial charge in [0.15, 0.2) is 0 Å². The van der Waals surface area contributed by atoms with Crippen molar-refractivity contribution in [1.29, 1.82) is 0 Å². The highest BCUT2D eigenvalue weighted by molar-refractivity contribution is 6.31. The predicted octanol–water partition coefficient (Wildman–Crippen LogP) is 4.57. The Bertz CT molecular complexity index is 931. The van der Waals surface area contributed by atoms with E-state index in [0.717, 1.165) is 5.56 Å². The van der Waals surface area contributed by atoms with Gasteiger partial charge in [-0.05, 0) is 48.7 Å². The van der Waals surface area contributed by atoms with Gasteiger partial charge in [-0.2, -0.15) is 0 Å². The maximum Gasteiger partial charge on any atom is 0.573 e. The monoisotopic (exact) mass is 470 g/mol. The standard InChI is InChI=1S/C23H26ClF3N2O3/c1-2-28(15-17-6-3-4-9-20(17)24)16-21(30)29-12-10-22(31,11-13-29)18-7-5-8-19(14-18)32-23(25,26)27/h3-9,14,31H,2,10-13,15-16H2,1H3. The number of likely N-dealkylation sites (N-methyl/N-ethyl adjacent to an activating group) is 1. The minimum Gasteiger partial charge on any atom is -0.406 e. The quantitative estimate of drug-likeness (QED) is 0.644. The van der Waals surface area contributed by atoms with Gasteiger partial charge in [0.2, 0.25) is 5.91 Å². The fourth-order valence-electron chi connectivity index (χ4n) is 3.84. The van der Waals surface area contributed by atoms with Crippen molar-refractivity contribution in [3.8, 4) is 5.75 Å². The van der Waals surface area contributed by atoms with E-state index in [2.05, 4.69) is 4.74 Å². The lowest BCUT2D eigenvalue weighted by molar-refractivity contribution is -0.274. The summed E-state index contributed by atoms with van der Waals surface area (Å²) in [5.41, 5.74) is -0.0259. The van der Waals surface area contributed by atoms with Gasteiger partial charge >= 0.3 is 6.36 Å². The third-order valence-electron chi connectivity index (χ3n) is 5.71. The Morgan fingerprint density at radius 3 is 2.50 bits per heavy atom. The minimum atomic E-state index is -4.80. The molecule has 2 aromatic carbocycles. The van der Waals surface area contributed by atoms with Gasteiger partial charge in [-0.3, -0.25) is 9.69 Å². The molecule has 0 spiro atoms. The Morgan fingerprint density at radius 2 is 1.88 bits per heavy atom. The van der Waals surface area contributed by atoms with Crippen LogP contribution < -0.4 is 4.74 Å². The van der Waals surface area contributed by atoms with Crippen molar-refractivity contribution >= 4 is 17.5 Å². The minimum absolute atomic E-state index is 0.0601. The van der Waals surface area contributed by atoms with Gasteiger partial charge in [-0.15, -0.1) is 13.2 Å². The molecule has 0 bridgehead atoms. The summed E-state index contributed by atoms with van der Waals surface area (Å²) in [6.07, 6.45) is -4.35. The number of hydrogen-bond donors (Lipinski definition) is 1. The van der Waals surface area contributed by atoms with Crippen molar-refractivity contribution in [1.82, 2.24) is 9.80 Å². The zero-order chi connectivity index (χ0) is 23.4. The third kappa shape index (κ3) is 6.37. The zero-order valence-corrected chi connectivity index (χ0v) is 18.5. The van der Waals surface area contributed by atoms with Gasteiger partial charge < -0.3 is 14.7 Å². The molecule has 0 unspecified atom stereocenters. The molecule has 1 saturated heterocycles. The molecule has 3 rings (SSSR count). The molecular weight excluding hydrogens is 445 g/mol. The van der Waals surface area contributed by atoms with Crippen LogP contribution in [0.5, 0.6) is 5.75 Å². The Morgan fingerprint density at radius 1 is 1.19 bits per heavy atom. The molecule has 1 heterocycles. The van der Waals surface area contributed by atoms with E-state index in [1.807, 2.05) is 36.1 Å². The highest BCUT2D eigenvalue weighted by Gasteiger charge is 2.37. The van der Waals surface area contributed by atoms with Gasteiger partial charge in [0, 0.05) is 24.7 Å². The van der Waals surface area contributed by atoms with Crippen molar-refractivity contribution < 1.29 is 27.8 Å². The predicted molar refractivity (Wildman–Crippen MR) is 115 cm³/mol. The number of aliphatic hydroxyl groups is 1. The van der Waals surface area contributed by atoms with E-state index >= 15 is 0 Å². The Balaban J connectivity index is 1.59. The normalized spacial score (nSPS) is 16.3. The lowest BCUT2D eigenvalue weighted by Crippen LogP contribution is -2.48. The first kappa shape index (κ1) is 24.4. The Labute approximate surface area is 190 Å². The van der Waals surface area contributed by atoms with Crippen LogP contribution in [0.25, 0.3) is 0 Å². The molecule has 1 fully saturated rings. The summed E-state index contributed by atoms with van der Waals surface area (Å²) in [5, 5.41) is 11.7. The van der Waals surface area contributed by atoms with Crippen molar-refractivity contribution in [2.45, 2.75) is 38.3 Å². The number of alkyl halides is 3. The van der Waals surface area contributed by atoms with Crippen LogP contribution in [0, 0.1) is 0 Å². The summed E-state index contributed by atoms with van der Waals surface area (Å²) in [7, 11) is 0. The molecule has 1 aliphatic heterocycles. The first-order valence-corrected chi connectivity index (χ1v) is 10.8. The number of nitrogens with zero attached hydrogens (tertiary/aromatic N) is 2. The lowest BCUT2D eigenvalue weighted by atomic mass is 9.84. The molecule has 0 saturated carbocycles. The molecule has 2 aromatic rings. The molecule has 0 atom stereocenters. The number of carbonyl (C=O) groups excluding carboxylic acids is 1. The molecule has 1 N–H and O–H groups in total. The summed E-state index contributed by atoms with van der Waals surface area (Å²) in [5.74, 6) is -0.435. The summed E-state index contributed by atoms with van der Waals surface area (Å²) >= 11 is 6.23. The number of piperidine rings is 1. The van der Waals surface area contributed by atoms with E-state index in [1.165, 1.54) is 18.2 Å². The van der Waals surface area contributed by atoms with Gasteiger partial charge in [-0.25, -0.2) is 0 Å². The van der Waals surface area contributed by atoms with Crippen LogP contribution in [0.3, 0.4) is 0 Å². The van der Waals surface area contributed by atoms with Crippen LogP contribution >= 0.6 is 11.6 Å². The van der Waals surface area contributed by atoms with E-state index in [-0.39, 0.29) is 31.0 Å². The smallest absolute Gasteiger partial charge is 0.406 e. The molecule has 0 radical (unpaired) electrons. The second-order valence-corrected chi connectivity index (χ2v) is 8.29. The Kier molecular flexibility index (Phi) is 7.69. The highest BCUT2D eigenvalue weighted by atomic mass is 35.5. The fraction of sp³-hybridized carbons (Fsp3) is 0.435. The van der Waals surface area contributed by atoms with Crippen molar-refractivity contribution in [2.24, 2.45) is 0 Å². The summed E-state index contributed by atoms with van der Waals surface area (Å²) in [4.78, 5) is 16.5. The first-order chi connectivity index (χ1) is 15.1. The maximum absolute atomic E-state index is 12.8. The fourth-order valence-corrected chi connectivity index (χ4v) is 4.03. The van der Waals surface area contributed by atoms with E-state index < -0.39 is 12.0 Å². The lowest BCUT2D eigenvalue weighted by Gasteiger charge is -2.39. The number of rotatable bonds is 7.